The average Bonchev–Trinajstić information content (AvgIpc) is 3.49. The van der Waals surface area contributed by atoms with Crippen molar-refractivity contribution in [1.82, 2.24) is 4.57 Å². The Labute approximate surface area is 201 Å². The Morgan fingerprint density at radius 3 is 2.32 bits per heavy atom. The van der Waals surface area contributed by atoms with E-state index in [2.05, 4.69) is 22.4 Å². The predicted octanol–water partition coefficient (Wildman–Crippen LogP) is 3.30. The van der Waals surface area contributed by atoms with Crippen LogP contribution in [-0.4, -0.2) is 31.8 Å². The van der Waals surface area contributed by atoms with Crippen LogP contribution in [0.1, 0.15) is 25.7 Å². The molecule has 1 fully saturated rings. The lowest BCUT2D eigenvalue weighted by Crippen LogP contribution is -2.42. The molecule has 0 radical (unpaired) electrons. The lowest BCUT2D eigenvalue weighted by molar-refractivity contribution is 0.138. The van der Waals surface area contributed by atoms with Gasteiger partial charge >= 0.3 is 0 Å². The van der Waals surface area contributed by atoms with Crippen LogP contribution in [0.2, 0.25) is 0 Å². The molecule has 0 atom stereocenters. The lowest BCUT2D eigenvalue weighted by Gasteiger charge is -2.32. The van der Waals surface area contributed by atoms with E-state index in [-0.39, 0.29) is 12.2 Å². The van der Waals surface area contributed by atoms with Crippen molar-refractivity contribution >= 4 is 42.5 Å². The smallest absolute Gasteiger partial charge is 0.271 e. The fourth-order valence-electron chi connectivity index (χ4n) is 4.93. The van der Waals surface area contributed by atoms with Crippen LogP contribution in [0.25, 0.3) is 32.1 Å². The van der Waals surface area contributed by atoms with Crippen molar-refractivity contribution < 1.29 is 18.3 Å². The summed E-state index contributed by atoms with van der Waals surface area (Å²) < 4.78 is 26.7. The minimum Gasteiger partial charge on any atom is -0.496 e. The second-order valence-electron chi connectivity index (χ2n) is 8.39. The van der Waals surface area contributed by atoms with Crippen molar-refractivity contribution in [2.75, 3.05) is 13.7 Å². The van der Waals surface area contributed by atoms with Gasteiger partial charge in [0.05, 0.1) is 24.8 Å². The summed E-state index contributed by atoms with van der Waals surface area (Å²) in [7, 11) is -1.99. The quantitative estimate of drug-likeness (QED) is 0.394. The zero-order chi connectivity index (χ0) is 24.5. The third-order valence-corrected chi connectivity index (χ3v) is 7.21. The highest BCUT2D eigenvalue weighted by atomic mass is 32.2. The highest BCUT2D eigenvalue weighted by molar-refractivity contribution is 7.86. The van der Waals surface area contributed by atoms with Crippen LogP contribution in [0.15, 0.2) is 58.7 Å². The molecule has 1 saturated carbocycles. The van der Waals surface area contributed by atoms with E-state index in [9.17, 15) is 18.3 Å². The zero-order valence-electron chi connectivity index (χ0n) is 18.7. The van der Waals surface area contributed by atoms with E-state index in [1.807, 2.05) is 46.3 Å². The first-order valence-corrected chi connectivity index (χ1v) is 13.3. The molecule has 5 N–H and O–H groups in total. The third kappa shape index (κ3) is 4.47. The molecule has 4 aromatic rings. The molecule has 34 heavy (non-hydrogen) atoms. The number of thiophene rings is 1. The maximum atomic E-state index is 13.6. The first kappa shape index (κ1) is 24.4. The van der Waals surface area contributed by atoms with Crippen molar-refractivity contribution in [3.05, 3.63) is 64.3 Å². The number of pyridine rings is 1. The van der Waals surface area contributed by atoms with Crippen LogP contribution < -0.4 is 20.6 Å². The molecule has 180 valence electrons. The van der Waals surface area contributed by atoms with Gasteiger partial charge in [0.25, 0.3) is 15.8 Å². The second-order valence-corrected chi connectivity index (χ2v) is 10.5. The lowest BCUT2D eigenvalue weighted by atomic mass is 9.93. The van der Waals surface area contributed by atoms with Crippen LogP contribution in [0.4, 0.5) is 0 Å². The molecular formula is C24H27N3O5S2. The van der Waals surface area contributed by atoms with Crippen LogP contribution in [0, 0.1) is 0 Å². The number of nitrogens with two attached hydrogens (primary N) is 2. The molecule has 2 aromatic carbocycles. The number of methoxy groups -OCH3 is 1. The molecule has 0 unspecified atom stereocenters. The van der Waals surface area contributed by atoms with E-state index < -0.39 is 15.7 Å². The summed E-state index contributed by atoms with van der Waals surface area (Å²) in [6.07, 6.45) is 3.70. The monoisotopic (exact) mass is 501 g/mol. The number of nitrogens with zero attached hydrogens (tertiary/aromatic N) is 1. The topological polar surface area (TPSA) is 138 Å². The number of rotatable bonds is 4. The van der Waals surface area contributed by atoms with Gasteiger partial charge in [-0.05, 0) is 42.0 Å². The van der Waals surface area contributed by atoms with Gasteiger partial charge < -0.3 is 9.84 Å². The minimum atomic E-state index is -3.67. The second kappa shape index (κ2) is 9.47. The van der Waals surface area contributed by atoms with Gasteiger partial charge in [-0.25, -0.2) is 10.3 Å². The van der Waals surface area contributed by atoms with Gasteiger partial charge in [-0.1, -0.05) is 43.2 Å². The zero-order valence-corrected chi connectivity index (χ0v) is 20.4. The summed E-state index contributed by atoms with van der Waals surface area (Å²) in [5, 5.41) is 22.5. The van der Waals surface area contributed by atoms with Gasteiger partial charge in [-0.15, -0.1) is 11.3 Å². The number of ether oxygens (including phenoxy) is 1. The van der Waals surface area contributed by atoms with Gasteiger partial charge in [0.1, 0.15) is 10.4 Å². The Balaban J connectivity index is 0.000000499. The Kier molecular flexibility index (Phi) is 6.79. The van der Waals surface area contributed by atoms with Gasteiger partial charge in [0.15, 0.2) is 0 Å². The molecule has 0 bridgehead atoms. The highest BCUT2D eigenvalue weighted by Gasteiger charge is 2.38. The van der Waals surface area contributed by atoms with Gasteiger partial charge in [-0.2, -0.15) is 8.42 Å². The third-order valence-electron chi connectivity index (χ3n) is 6.30. The van der Waals surface area contributed by atoms with E-state index >= 15 is 0 Å². The first-order valence-electron chi connectivity index (χ1n) is 10.8. The number of aromatic nitrogens is 1. The number of aliphatic hydroxyl groups excluding tert-OH is 1. The molecule has 1 aliphatic carbocycles. The molecule has 8 nitrogen and oxygen atoms in total. The van der Waals surface area contributed by atoms with Crippen molar-refractivity contribution in [2.45, 2.75) is 31.2 Å². The minimum absolute atomic E-state index is 0.00243. The molecule has 1 aliphatic rings. The molecule has 2 heterocycles. The largest absolute Gasteiger partial charge is 0.496 e. The molecule has 0 amide bonds. The van der Waals surface area contributed by atoms with Crippen molar-refractivity contribution in [3.63, 3.8) is 0 Å². The summed E-state index contributed by atoms with van der Waals surface area (Å²) in [6.45, 7) is -0.0222. The summed E-state index contributed by atoms with van der Waals surface area (Å²) in [5.41, 5.74) is 2.39. The van der Waals surface area contributed by atoms with E-state index in [1.54, 1.807) is 7.11 Å². The molecule has 2 aromatic heterocycles. The normalized spacial score (nSPS) is 15.3. The number of hydrogen-bond acceptors (Lipinski definition) is 6. The summed E-state index contributed by atoms with van der Waals surface area (Å²) in [4.78, 5) is 13.6. The van der Waals surface area contributed by atoms with Crippen molar-refractivity contribution in [1.29, 1.82) is 0 Å². The van der Waals surface area contributed by atoms with E-state index in [0.29, 0.717) is 0 Å². The fourth-order valence-corrected chi connectivity index (χ4v) is 5.76. The molecule has 0 spiro atoms. The summed E-state index contributed by atoms with van der Waals surface area (Å²) in [5.74, 6) is 0.783. The Morgan fingerprint density at radius 2 is 1.74 bits per heavy atom. The van der Waals surface area contributed by atoms with Crippen LogP contribution in [0.5, 0.6) is 5.75 Å². The van der Waals surface area contributed by atoms with E-state index in [0.717, 1.165) is 63.5 Å². The van der Waals surface area contributed by atoms with Gasteiger partial charge in [0.2, 0.25) is 0 Å². The molecule has 10 heteroatoms. The van der Waals surface area contributed by atoms with E-state index in [4.69, 9.17) is 4.74 Å². The standard InChI is InChI=1S/C24H23NO3S.H4N2O2S/c1-28-19-10-9-18-21(20(19)16-7-3-2-4-8-16)17-11-14-29-22(17)23(27)25(18)24(15-26)12-5-6-13-24;1-5(2,3)4/h2-4,7-11,14,26H,5-6,12-13,15H2,1H3;(H4,1,2,3,4). The van der Waals surface area contributed by atoms with E-state index in [1.165, 1.54) is 11.3 Å². The van der Waals surface area contributed by atoms with Crippen molar-refractivity contribution in [2.24, 2.45) is 10.3 Å². The van der Waals surface area contributed by atoms with Crippen LogP contribution in [0.3, 0.4) is 0 Å². The molecule has 0 aliphatic heterocycles. The number of fused-ring (bicyclic) bond motifs is 3. The Hall–Kier alpha value is -2.76. The maximum absolute atomic E-state index is 13.6. The van der Waals surface area contributed by atoms with Gasteiger partial charge in [0, 0.05) is 16.3 Å². The number of benzene rings is 2. The highest BCUT2D eigenvalue weighted by Crippen LogP contribution is 2.44. The summed E-state index contributed by atoms with van der Waals surface area (Å²) >= 11 is 1.47. The molecule has 5 rings (SSSR count). The van der Waals surface area contributed by atoms with Crippen LogP contribution >= 0.6 is 11.3 Å². The van der Waals surface area contributed by atoms with Gasteiger partial charge in [-0.3, -0.25) is 9.36 Å². The van der Waals surface area contributed by atoms with Crippen LogP contribution in [-0.2, 0) is 15.7 Å². The van der Waals surface area contributed by atoms with Crippen molar-refractivity contribution in [3.8, 4) is 16.9 Å². The molecular weight excluding hydrogens is 474 g/mol. The summed E-state index contributed by atoms with van der Waals surface area (Å²) in [6, 6.07) is 16.1. The number of hydrogen-bond donors (Lipinski definition) is 3. The average molecular weight is 502 g/mol. The Bertz CT molecular complexity index is 1480. The maximum Gasteiger partial charge on any atom is 0.271 e. The molecule has 0 saturated heterocycles. The SMILES string of the molecule is COc1ccc2c(c1-c1ccccc1)c1ccsc1c(=O)n2C1(CO)CCCC1.NS(N)(=O)=O. The number of aliphatic hydroxyl groups is 1. The fraction of sp³-hybridized carbons (Fsp3) is 0.292. The predicted molar refractivity (Wildman–Crippen MR) is 136 cm³/mol. The Morgan fingerprint density at radius 1 is 1.09 bits per heavy atom. The first-order chi connectivity index (χ1) is 16.2.